The average Bonchev–Trinajstić information content (AvgIpc) is 2.89. The molecule has 2 amide bonds. The van der Waals surface area contributed by atoms with Crippen molar-refractivity contribution in [3.63, 3.8) is 0 Å². The third kappa shape index (κ3) is 4.86. The monoisotopic (exact) mass is 301 g/mol. The van der Waals surface area contributed by atoms with Gasteiger partial charge in [-0.15, -0.1) is 0 Å². The van der Waals surface area contributed by atoms with E-state index in [2.05, 4.69) is 24.1 Å². The van der Waals surface area contributed by atoms with Gasteiger partial charge in [-0.2, -0.15) is 0 Å². The summed E-state index contributed by atoms with van der Waals surface area (Å²) in [6.45, 7) is 8.98. The van der Waals surface area contributed by atoms with Gasteiger partial charge in [0.2, 0.25) is 0 Å². The minimum atomic E-state index is -0.985. The number of hydrogen-bond donors (Lipinski definition) is 2. The molecule has 1 saturated heterocycles. The van der Waals surface area contributed by atoms with Gasteiger partial charge in [0.05, 0.1) is 6.10 Å². The van der Waals surface area contributed by atoms with Gasteiger partial charge in [-0.25, -0.2) is 9.59 Å². The molecule has 0 radical (unpaired) electrons. The largest absolute Gasteiger partial charge is 0.480 e. The fourth-order valence-electron chi connectivity index (χ4n) is 2.64. The Morgan fingerprint density at radius 3 is 2.52 bits per heavy atom. The predicted molar refractivity (Wildman–Crippen MR) is 79.3 cm³/mol. The quantitative estimate of drug-likeness (QED) is 0.719. The third-order valence-electron chi connectivity index (χ3n) is 3.94. The summed E-state index contributed by atoms with van der Waals surface area (Å²) in [5.41, 5.74) is 0. The second-order valence-corrected chi connectivity index (χ2v) is 5.44. The summed E-state index contributed by atoms with van der Waals surface area (Å²) in [5, 5.41) is 12.1. The lowest BCUT2D eigenvalue weighted by Gasteiger charge is -2.27. The summed E-state index contributed by atoms with van der Waals surface area (Å²) in [4.78, 5) is 27.1. The number of amides is 2. The minimum absolute atomic E-state index is 0.0339. The molecule has 1 aliphatic rings. The lowest BCUT2D eigenvalue weighted by Crippen LogP contribution is -2.51. The maximum Gasteiger partial charge on any atom is 0.326 e. The highest BCUT2D eigenvalue weighted by Gasteiger charge is 2.40. The van der Waals surface area contributed by atoms with E-state index in [1.165, 1.54) is 12.0 Å². The van der Waals surface area contributed by atoms with Crippen molar-refractivity contribution in [2.75, 3.05) is 33.3 Å². The number of ether oxygens (including phenoxy) is 1. The van der Waals surface area contributed by atoms with Crippen molar-refractivity contribution in [2.24, 2.45) is 0 Å². The molecule has 7 heteroatoms. The number of carbonyl (C=O) groups is 2. The van der Waals surface area contributed by atoms with Crippen LogP contribution in [0.4, 0.5) is 4.79 Å². The normalized spacial score (nSPS) is 23.4. The lowest BCUT2D eigenvalue weighted by molar-refractivity contribution is -0.141. The molecule has 1 rings (SSSR count). The Morgan fingerprint density at radius 1 is 1.43 bits per heavy atom. The molecule has 0 spiro atoms. The number of carboxylic acids is 1. The van der Waals surface area contributed by atoms with Crippen LogP contribution < -0.4 is 5.32 Å². The summed E-state index contributed by atoms with van der Waals surface area (Å²) >= 11 is 0. The van der Waals surface area contributed by atoms with E-state index in [-0.39, 0.29) is 18.2 Å². The molecule has 7 nitrogen and oxygen atoms in total. The van der Waals surface area contributed by atoms with E-state index in [0.29, 0.717) is 13.0 Å². The second-order valence-electron chi connectivity index (χ2n) is 5.44. The highest BCUT2D eigenvalue weighted by Crippen LogP contribution is 2.20. The average molecular weight is 301 g/mol. The van der Waals surface area contributed by atoms with Crippen molar-refractivity contribution in [1.82, 2.24) is 15.1 Å². The zero-order valence-electron chi connectivity index (χ0n) is 13.3. The molecule has 0 aromatic carbocycles. The molecule has 21 heavy (non-hydrogen) atoms. The van der Waals surface area contributed by atoms with Gasteiger partial charge >= 0.3 is 12.0 Å². The van der Waals surface area contributed by atoms with Crippen molar-refractivity contribution in [1.29, 1.82) is 0 Å². The van der Waals surface area contributed by atoms with Gasteiger partial charge in [-0.05, 0) is 20.0 Å². The van der Waals surface area contributed by atoms with Crippen molar-refractivity contribution in [3.8, 4) is 0 Å². The van der Waals surface area contributed by atoms with Crippen LogP contribution in [0.2, 0.25) is 0 Å². The number of hydrogen-bond acceptors (Lipinski definition) is 4. The number of likely N-dealkylation sites (N-methyl/N-ethyl adjacent to an activating group) is 1. The van der Waals surface area contributed by atoms with Gasteiger partial charge in [-0.3, -0.25) is 0 Å². The van der Waals surface area contributed by atoms with E-state index in [1.54, 1.807) is 0 Å². The van der Waals surface area contributed by atoms with Crippen molar-refractivity contribution >= 4 is 12.0 Å². The molecule has 0 aliphatic carbocycles. The zero-order chi connectivity index (χ0) is 16.0. The number of carbonyl (C=O) groups excluding carboxylic acids is 1. The Morgan fingerprint density at radius 2 is 2.05 bits per heavy atom. The molecule has 122 valence electrons. The predicted octanol–water partition coefficient (Wildman–Crippen LogP) is 0.600. The smallest absolute Gasteiger partial charge is 0.326 e. The summed E-state index contributed by atoms with van der Waals surface area (Å²) in [7, 11) is 1.54. The maximum absolute atomic E-state index is 12.3. The van der Waals surface area contributed by atoms with Crippen LogP contribution in [0.5, 0.6) is 0 Å². The SMILES string of the molecule is CCN(CC)CC(C)NC(=O)N1CC(OC)CC1C(=O)O. The highest BCUT2D eigenvalue weighted by molar-refractivity contribution is 5.83. The zero-order valence-corrected chi connectivity index (χ0v) is 13.3. The van der Waals surface area contributed by atoms with Crippen LogP contribution in [0.3, 0.4) is 0 Å². The molecule has 0 aromatic rings. The summed E-state index contributed by atoms with van der Waals surface area (Å²) < 4.78 is 5.18. The van der Waals surface area contributed by atoms with E-state index in [9.17, 15) is 14.7 Å². The Labute approximate surface area is 126 Å². The van der Waals surface area contributed by atoms with Gasteiger partial charge < -0.3 is 25.0 Å². The fraction of sp³-hybridized carbons (Fsp3) is 0.857. The summed E-state index contributed by atoms with van der Waals surface area (Å²) in [6.07, 6.45) is 0.124. The standard InChI is InChI=1S/C14H27N3O4/c1-5-16(6-2)8-10(3)15-14(20)17-9-11(21-4)7-12(17)13(18)19/h10-12H,5-9H2,1-4H3,(H,15,20)(H,18,19). The minimum Gasteiger partial charge on any atom is -0.480 e. The molecule has 2 N–H and O–H groups in total. The molecule has 3 unspecified atom stereocenters. The van der Waals surface area contributed by atoms with Crippen molar-refractivity contribution in [2.45, 2.75) is 45.4 Å². The molecule has 0 aromatic heterocycles. The highest BCUT2D eigenvalue weighted by atomic mass is 16.5. The molecule has 1 heterocycles. The van der Waals surface area contributed by atoms with Gasteiger partial charge in [0.25, 0.3) is 0 Å². The number of rotatable bonds is 7. The first kappa shape index (κ1) is 17.7. The number of carboxylic acid groups (broad SMARTS) is 1. The van der Waals surface area contributed by atoms with E-state index in [1.807, 2.05) is 6.92 Å². The number of methoxy groups -OCH3 is 1. The Balaban J connectivity index is 2.58. The van der Waals surface area contributed by atoms with Crippen LogP contribution in [0, 0.1) is 0 Å². The molecule has 1 aliphatic heterocycles. The first-order chi connectivity index (χ1) is 9.92. The molecular weight excluding hydrogens is 274 g/mol. The maximum atomic E-state index is 12.3. The molecule has 0 saturated carbocycles. The van der Waals surface area contributed by atoms with Gasteiger partial charge in [0.15, 0.2) is 0 Å². The number of aliphatic carboxylic acids is 1. The molecular formula is C14H27N3O4. The lowest BCUT2D eigenvalue weighted by atomic mass is 10.2. The van der Waals surface area contributed by atoms with E-state index >= 15 is 0 Å². The van der Waals surface area contributed by atoms with E-state index in [4.69, 9.17) is 4.74 Å². The van der Waals surface area contributed by atoms with Crippen molar-refractivity contribution in [3.05, 3.63) is 0 Å². The van der Waals surface area contributed by atoms with E-state index < -0.39 is 12.0 Å². The Hall–Kier alpha value is -1.34. The first-order valence-electron chi connectivity index (χ1n) is 7.47. The van der Waals surface area contributed by atoms with Crippen LogP contribution in [-0.4, -0.2) is 78.4 Å². The summed E-state index contributed by atoms with van der Waals surface area (Å²) in [5.74, 6) is -0.985. The van der Waals surface area contributed by atoms with Gasteiger partial charge in [0, 0.05) is 32.7 Å². The van der Waals surface area contributed by atoms with Crippen LogP contribution in [0.25, 0.3) is 0 Å². The molecule has 0 bridgehead atoms. The number of nitrogens with zero attached hydrogens (tertiary/aromatic N) is 2. The Kier molecular flexibility index (Phi) is 6.91. The fourth-order valence-corrected chi connectivity index (χ4v) is 2.64. The Bertz CT molecular complexity index is 360. The topological polar surface area (TPSA) is 82.1 Å². The number of urea groups is 1. The second kappa shape index (κ2) is 8.19. The van der Waals surface area contributed by atoms with Gasteiger partial charge in [0.1, 0.15) is 6.04 Å². The van der Waals surface area contributed by atoms with E-state index in [0.717, 1.165) is 19.6 Å². The number of nitrogens with one attached hydrogen (secondary N) is 1. The van der Waals surface area contributed by atoms with Crippen LogP contribution >= 0.6 is 0 Å². The van der Waals surface area contributed by atoms with Crippen molar-refractivity contribution < 1.29 is 19.4 Å². The van der Waals surface area contributed by atoms with Crippen LogP contribution in [0.15, 0.2) is 0 Å². The summed E-state index contributed by atoms with van der Waals surface area (Å²) in [6, 6.07) is -1.18. The number of likely N-dealkylation sites (tertiary alicyclic amines) is 1. The third-order valence-corrected chi connectivity index (χ3v) is 3.94. The van der Waals surface area contributed by atoms with Crippen LogP contribution in [-0.2, 0) is 9.53 Å². The molecule has 3 atom stereocenters. The molecule has 1 fully saturated rings. The first-order valence-corrected chi connectivity index (χ1v) is 7.47. The van der Waals surface area contributed by atoms with Gasteiger partial charge in [-0.1, -0.05) is 13.8 Å². The van der Waals surface area contributed by atoms with Crippen LogP contribution in [0.1, 0.15) is 27.2 Å².